The van der Waals surface area contributed by atoms with Crippen LogP contribution in [0.4, 0.5) is 0 Å². The fraction of sp³-hybridized carbons (Fsp3) is 0.875. The zero-order valence-electron chi connectivity index (χ0n) is 9.01. The topological polar surface area (TPSA) is 101 Å². The Morgan fingerprint density at radius 3 is 2.27 bits per heavy atom. The number of nitrogens with two attached hydrogens (primary N) is 1. The third-order valence-electron chi connectivity index (χ3n) is 2.01. The zero-order valence-corrected chi connectivity index (χ0v) is 9.83. The summed E-state index contributed by atoms with van der Waals surface area (Å²) >= 11 is 0. The van der Waals surface area contributed by atoms with Gasteiger partial charge in [0, 0.05) is 19.1 Å². The second kappa shape index (κ2) is 6.04. The number of sulfonamides is 1. The van der Waals surface area contributed by atoms with Crippen molar-refractivity contribution < 1.29 is 18.3 Å². The molecule has 15 heavy (non-hydrogen) atoms. The molecule has 0 fully saturated rings. The van der Waals surface area contributed by atoms with E-state index in [2.05, 4.69) is 0 Å². The molecular formula is C8H18N2O4S. The lowest BCUT2D eigenvalue weighted by atomic mass is 10.3. The number of carbonyl (C=O) groups is 1. The van der Waals surface area contributed by atoms with E-state index in [-0.39, 0.29) is 24.8 Å². The highest BCUT2D eigenvalue weighted by Gasteiger charge is 2.13. The number of hydrogen-bond acceptors (Lipinski definition) is 4. The van der Waals surface area contributed by atoms with Crippen LogP contribution >= 0.6 is 0 Å². The average Bonchev–Trinajstić information content (AvgIpc) is 2.00. The second-order valence-electron chi connectivity index (χ2n) is 3.64. The van der Waals surface area contributed by atoms with E-state index < -0.39 is 16.0 Å². The van der Waals surface area contributed by atoms with Crippen LogP contribution in [0.2, 0.25) is 0 Å². The summed E-state index contributed by atoms with van der Waals surface area (Å²) < 4.78 is 21.5. The third kappa shape index (κ3) is 8.34. The predicted molar refractivity (Wildman–Crippen MR) is 56.9 cm³/mol. The van der Waals surface area contributed by atoms with E-state index >= 15 is 0 Å². The van der Waals surface area contributed by atoms with Crippen molar-refractivity contribution in [1.29, 1.82) is 0 Å². The normalized spacial score (nSPS) is 12.3. The molecule has 0 spiro atoms. The minimum Gasteiger partial charge on any atom is -0.481 e. The molecule has 6 nitrogen and oxygen atoms in total. The SMILES string of the molecule is CC(C)N(CCC(=O)O)CCS(N)(=O)=O. The lowest BCUT2D eigenvalue weighted by Crippen LogP contribution is -2.37. The van der Waals surface area contributed by atoms with Crippen LogP contribution in [0.15, 0.2) is 0 Å². The average molecular weight is 238 g/mol. The molecule has 0 radical (unpaired) electrons. The van der Waals surface area contributed by atoms with E-state index in [4.69, 9.17) is 10.2 Å². The molecule has 0 rings (SSSR count). The van der Waals surface area contributed by atoms with Crippen molar-refractivity contribution in [3.63, 3.8) is 0 Å². The molecule has 0 amide bonds. The van der Waals surface area contributed by atoms with E-state index in [0.29, 0.717) is 6.54 Å². The van der Waals surface area contributed by atoms with Gasteiger partial charge in [-0.2, -0.15) is 0 Å². The molecule has 0 saturated heterocycles. The van der Waals surface area contributed by atoms with Gasteiger partial charge in [-0.15, -0.1) is 0 Å². The van der Waals surface area contributed by atoms with Crippen LogP contribution in [0.1, 0.15) is 20.3 Å². The van der Waals surface area contributed by atoms with Crippen LogP contribution in [0, 0.1) is 0 Å². The first kappa shape index (κ1) is 14.3. The Bertz CT molecular complexity index is 300. The fourth-order valence-electron chi connectivity index (χ4n) is 1.11. The Kier molecular flexibility index (Phi) is 5.77. The summed E-state index contributed by atoms with van der Waals surface area (Å²) in [5.41, 5.74) is 0. The molecule has 0 aromatic carbocycles. The number of hydrogen-bond donors (Lipinski definition) is 2. The zero-order chi connectivity index (χ0) is 12.1. The maximum absolute atomic E-state index is 10.7. The molecule has 0 aliphatic rings. The molecule has 0 atom stereocenters. The molecule has 0 aliphatic heterocycles. The summed E-state index contributed by atoms with van der Waals surface area (Å²) in [7, 11) is -3.48. The van der Waals surface area contributed by atoms with Crippen LogP contribution in [0.25, 0.3) is 0 Å². The Balaban J connectivity index is 4.11. The predicted octanol–water partition coefficient (Wildman–Crippen LogP) is -0.540. The Morgan fingerprint density at radius 1 is 1.40 bits per heavy atom. The molecule has 0 unspecified atom stereocenters. The standard InChI is InChI=1S/C8H18N2O4S/c1-7(2)10(4-3-8(11)12)5-6-15(9,13)14/h7H,3-6H2,1-2H3,(H,11,12)(H2,9,13,14). The maximum atomic E-state index is 10.7. The van der Waals surface area contributed by atoms with Gasteiger partial charge in [0.2, 0.25) is 10.0 Å². The number of carboxylic acid groups (broad SMARTS) is 1. The lowest BCUT2D eigenvalue weighted by Gasteiger charge is -2.25. The minimum absolute atomic E-state index is 0.00278. The van der Waals surface area contributed by atoms with Crippen molar-refractivity contribution in [3.05, 3.63) is 0 Å². The van der Waals surface area contributed by atoms with Crippen molar-refractivity contribution >= 4 is 16.0 Å². The molecule has 90 valence electrons. The highest BCUT2D eigenvalue weighted by Crippen LogP contribution is 2.00. The molecule has 7 heteroatoms. The van der Waals surface area contributed by atoms with Crippen molar-refractivity contribution in [2.45, 2.75) is 26.3 Å². The van der Waals surface area contributed by atoms with Crippen LogP contribution in [0.3, 0.4) is 0 Å². The minimum atomic E-state index is -3.48. The first-order chi connectivity index (χ1) is 6.72. The number of primary sulfonamides is 1. The fourth-order valence-corrected chi connectivity index (χ4v) is 1.60. The van der Waals surface area contributed by atoms with Gasteiger partial charge in [0.15, 0.2) is 0 Å². The molecular weight excluding hydrogens is 220 g/mol. The molecule has 3 N–H and O–H groups in total. The summed E-state index contributed by atoms with van der Waals surface area (Å²) in [6, 6.07) is 0.103. The number of nitrogens with zero attached hydrogens (tertiary/aromatic N) is 1. The van der Waals surface area contributed by atoms with Gasteiger partial charge in [-0.25, -0.2) is 13.6 Å². The van der Waals surface area contributed by atoms with Crippen molar-refractivity contribution in [1.82, 2.24) is 4.90 Å². The first-order valence-corrected chi connectivity index (χ1v) is 6.40. The van der Waals surface area contributed by atoms with Gasteiger partial charge in [-0.05, 0) is 13.8 Å². The monoisotopic (exact) mass is 238 g/mol. The summed E-state index contributed by atoms with van der Waals surface area (Å²) in [5.74, 6) is -1.04. The van der Waals surface area contributed by atoms with E-state index in [1.165, 1.54) is 0 Å². The number of carboxylic acids is 1. The first-order valence-electron chi connectivity index (χ1n) is 4.68. The van der Waals surface area contributed by atoms with Gasteiger partial charge in [0.05, 0.1) is 12.2 Å². The van der Waals surface area contributed by atoms with Gasteiger partial charge in [0.1, 0.15) is 0 Å². The van der Waals surface area contributed by atoms with E-state index in [0.717, 1.165) is 0 Å². The quantitative estimate of drug-likeness (QED) is 0.620. The molecule has 0 bridgehead atoms. The van der Waals surface area contributed by atoms with Gasteiger partial charge in [-0.3, -0.25) is 9.69 Å². The van der Waals surface area contributed by atoms with Crippen LogP contribution in [-0.4, -0.2) is 49.3 Å². The van der Waals surface area contributed by atoms with Gasteiger partial charge in [-0.1, -0.05) is 0 Å². The van der Waals surface area contributed by atoms with Gasteiger partial charge >= 0.3 is 5.97 Å². The van der Waals surface area contributed by atoms with Crippen LogP contribution in [-0.2, 0) is 14.8 Å². The van der Waals surface area contributed by atoms with Crippen molar-refractivity contribution in [3.8, 4) is 0 Å². The van der Waals surface area contributed by atoms with Gasteiger partial charge < -0.3 is 5.11 Å². The van der Waals surface area contributed by atoms with E-state index in [9.17, 15) is 13.2 Å². The highest BCUT2D eigenvalue weighted by molar-refractivity contribution is 7.89. The molecule has 0 aliphatic carbocycles. The molecule has 0 saturated carbocycles. The van der Waals surface area contributed by atoms with Gasteiger partial charge in [0.25, 0.3) is 0 Å². The van der Waals surface area contributed by atoms with Crippen LogP contribution in [0.5, 0.6) is 0 Å². The summed E-state index contributed by atoms with van der Waals surface area (Å²) in [4.78, 5) is 12.1. The maximum Gasteiger partial charge on any atom is 0.304 e. The lowest BCUT2D eigenvalue weighted by molar-refractivity contribution is -0.137. The number of aliphatic carboxylic acids is 1. The summed E-state index contributed by atoms with van der Waals surface area (Å²) in [5, 5.41) is 13.4. The van der Waals surface area contributed by atoms with Crippen molar-refractivity contribution in [2.75, 3.05) is 18.8 Å². The summed E-state index contributed by atoms with van der Waals surface area (Å²) in [6.45, 7) is 4.36. The van der Waals surface area contributed by atoms with E-state index in [1.807, 2.05) is 13.8 Å². The van der Waals surface area contributed by atoms with Crippen molar-refractivity contribution in [2.24, 2.45) is 5.14 Å². The van der Waals surface area contributed by atoms with Crippen LogP contribution < -0.4 is 5.14 Å². The Labute approximate surface area is 90.1 Å². The number of rotatable bonds is 7. The molecule has 0 aromatic rings. The Hall–Kier alpha value is -0.660. The molecule has 0 heterocycles. The largest absolute Gasteiger partial charge is 0.481 e. The second-order valence-corrected chi connectivity index (χ2v) is 5.37. The Morgan fingerprint density at radius 2 is 1.93 bits per heavy atom. The highest BCUT2D eigenvalue weighted by atomic mass is 32.2. The third-order valence-corrected chi connectivity index (χ3v) is 2.76. The summed E-state index contributed by atoms with van der Waals surface area (Å²) in [6.07, 6.45) is 0.00278. The van der Waals surface area contributed by atoms with E-state index in [1.54, 1.807) is 4.90 Å². The molecule has 0 aromatic heterocycles. The smallest absolute Gasteiger partial charge is 0.304 e.